The number of carbonyl (C=O) groups excluding carboxylic acids is 1. The van der Waals surface area contributed by atoms with Crippen molar-refractivity contribution in [2.24, 2.45) is 0 Å². The Bertz CT molecular complexity index is 550. The van der Waals surface area contributed by atoms with Gasteiger partial charge in [0.05, 0.1) is 0 Å². The average Bonchev–Trinajstić information content (AvgIpc) is 2.18. The number of hydrogen-bond donors (Lipinski definition) is 0. The largest absolute Gasteiger partial charge is 0.534 e. The van der Waals surface area contributed by atoms with E-state index in [1.807, 2.05) is 0 Å². The fourth-order valence-electron chi connectivity index (χ4n) is 0.924. The third kappa shape index (κ3) is 3.36. The molecular formula is C9H7F3O5S. The number of benzene rings is 1. The fourth-order valence-corrected chi connectivity index (χ4v) is 1.39. The Hall–Kier alpha value is -1.77. The molecule has 0 aromatic heterocycles. The molecule has 0 N–H and O–H groups in total. The van der Waals surface area contributed by atoms with Gasteiger partial charge < -0.3 is 8.92 Å². The lowest BCUT2D eigenvalue weighted by Crippen LogP contribution is -2.28. The molecule has 0 aliphatic carbocycles. The first kappa shape index (κ1) is 14.3. The van der Waals surface area contributed by atoms with Crippen LogP contribution in [-0.2, 0) is 14.9 Å². The Kier molecular flexibility index (Phi) is 3.85. The molecule has 1 aromatic carbocycles. The highest BCUT2D eigenvalue weighted by Gasteiger charge is 2.48. The summed E-state index contributed by atoms with van der Waals surface area (Å²) in [5.41, 5.74) is -5.56. The summed E-state index contributed by atoms with van der Waals surface area (Å²) in [6, 6.07) is 4.60. The van der Waals surface area contributed by atoms with Gasteiger partial charge in [-0.3, -0.25) is 4.79 Å². The summed E-state index contributed by atoms with van der Waals surface area (Å²) < 4.78 is 66.2. The number of alkyl halides is 3. The number of rotatable bonds is 3. The van der Waals surface area contributed by atoms with Crippen LogP contribution in [-0.4, -0.2) is 19.9 Å². The highest BCUT2D eigenvalue weighted by atomic mass is 32.2. The normalized spacial score (nSPS) is 12.0. The van der Waals surface area contributed by atoms with Gasteiger partial charge in [-0.15, -0.1) is 0 Å². The van der Waals surface area contributed by atoms with Gasteiger partial charge in [-0.2, -0.15) is 21.6 Å². The van der Waals surface area contributed by atoms with Gasteiger partial charge in [-0.05, 0) is 12.1 Å². The minimum Gasteiger partial charge on any atom is -0.423 e. The number of ether oxygens (including phenoxy) is 1. The smallest absolute Gasteiger partial charge is 0.423 e. The van der Waals surface area contributed by atoms with Crippen LogP contribution >= 0.6 is 0 Å². The van der Waals surface area contributed by atoms with E-state index in [0.717, 1.165) is 19.1 Å². The summed E-state index contributed by atoms with van der Waals surface area (Å²) in [7, 11) is -5.80. The van der Waals surface area contributed by atoms with Crippen molar-refractivity contribution in [2.45, 2.75) is 12.4 Å². The Morgan fingerprint density at radius 1 is 1.17 bits per heavy atom. The minimum atomic E-state index is -5.80. The second-order valence-corrected chi connectivity index (χ2v) is 4.56. The molecule has 0 radical (unpaired) electrons. The van der Waals surface area contributed by atoms with Crippen LogP contribution < -0.4 is 8.92 Å². The Morgan fingerprint density at radius 3 is 2.11 bits per heavy atom. The van der Waals surface area contributed by atoms with Gasteiger partial charge in [0.2, 0.25) is 0 Å². The number of esters is 1. The van der Waals surface area contributed by atoms with E-state index in [1.54, 1.807) is 0 Å². The standard InChI is InChI=1S/C9H7F3O5S/c1-6(13)16-7-4-2-3-5-8(7)17-18(14,15)9(10,11)12/h2-5H,1H3. The molecule has 9 heteroatoms. The molecule has 18 heavy (non-hydrogen) atoms. The van der Waals surface area contributed by atoms with E-state index in [1.165, 1.54) is 12.1 Å². The van der Waals surface area contributed by atoms with Crippen LogP contribution in [0.2, 0.25) is 0 Å². The van der Waals surface area contributed by atoms with E-state index in [9.17, 15) is 26.4 Å². The molecule has 1 rings (SSSR count). The maximum absolute atomic E-state index is 12.1. The summed E-state index contributed by atoms with van der Waals surface area (Å²) in [5.74, 6) is -1.96. The SMILES string of the molecule is CC(=O)Oc1ccccc1OS(=O)(=O)C(F)(F)F. The third-order valence-corrected chi connectivity index (χ3v) is 2.55. The Balaban J connectivity index is 3.09. The zero-order chi connectivity index (χ0) is 14.0. The van der Waals surface area contributed by atoms with Crippen molar-refractivity contribution in [1.82, 2.24) is 0 Å². The average molecular weight is 284 g/mol. The highest BCUT2D eigenvalue weighted by molar-refractivity contribution is 7.88. The summed E-state index contributed by atoms with van der Waals surface area (Å²) >= 11 is 0. The predicted molar refractivity (Wildman–Crippen MR) is 53.4 cm³/mol. The van der Waals surface area contributed by atoms with Gasteiger partial charge in [0.15, 0.2) is 11.5 Å². The van der Waals surface area contributed by atoms with Crippen LogP contribution in [0, 0.1) is 0 Å². The predicted octanol–water partition coefficient (Wildman–Crippen LogP) is 1.84. The lowest BCUT2D eigenvalue weighted by Gasteiger charge is -2.11. The zero-order valence-electron chi connectivity index (χ0n) is 8.89. The molecule has 0 saturated heterocycles. The first-order valence-electron chi connectivity index (χ1n) is 4.41. The maximum atomic E-state index is 12.1. The van der Waals surface area contributed by atoms with Crippen molar-refractivity contribution in [3.8, 4) is 11.5 Å². The van der Waals surface area contributed by atoms with Crippen LogP contribution in [0.4, 0.5) is 13.2 Å². The number of carbonyl (C=O) groups is 1. The molecule has 0 unspecified atom stereocenters. The van der Waals surface area contributed by atoms with Gasteiger partial charge in [-0.1, -0.05) is 12.1 Å². The molecule has 5 nitrogen and oxygen atoms in total. The molecule has 0 bridgehead atoms. The lowest BCUT2D eigenvalue weighted by atomic mass is 10.3. The van der Waals surface area contributed by atoms with E-state index in [2.05, 4.69) is 8.92 Å². The van der Waals surface area contributed by atoms with E-state index in [0.29, 0.717) is 0 Å². The zero-order valence-corrected chi connectivity index (χ0v) is 9.71. The third-order valence-electron chi connectivity index (χ3n) is 1.59. The first-order valence-corrected chi connectivity index (χ1v) is 5.82. The summed E-state index contributed by atoms with van der Waals surface area (Å²) in [4.78, 5) is 10.7. The second-order valence-electron chi connectivity index (χ2n) is 3.02. The molecule has 0 saturated carbocycles. The van der Waals surface area contributed by atoms with Gasteiger partial charge in [0, 0.05) is 6.92 Å². The van der Waals surface area contributed by atoms with Crippen molar-refractivity contribution in [3.63, 3.8) is 0 Å². The number of para-hydroxylation sites is 2. The van der Waals surface area contributed by atoms with Crippen LogP contribution in [0.5, 0.6) is 11.5 Å². The molecule has 0 atom stereocenters. The van der Waals surface area contributed by atoms with Gasteiger partial charge in [0.25, 0.3) is 0 Å². The molecule has 0 amide bonds. The second kappa shape index (κ2) is 4.84. The van der Waals surface area contributed by atoms with E-state index in [-0.39, 0.29) is 0 Å². The van der Waals surface area contributed by atoms with E-state index < -0.39 is 33.1 Å². The van der Waals surface area contributed by atoms with Gasteiger partial charge in [-0.25, -0.2) is 0 Å². The Morgan fingerprint density at radius 2 is 1.67 bits per heavy atom. The van der Waals surface area contributed by atoms with Crippen molar-refractivity contribution in [2.75, 3.05) is 0 Å². The Labute approximate surface area is 100 Å². The topological polar surface area (TPSA) is 69.7 Å². The molecule has 0 aliphatic rings. The van der Waals surface area contributed by atoms with Crippen LogP contribution in [0.15, 0.2) is 24.3 Å². The monoisotopic (exact) mass is 284 g/mol. The molecular weight excluding hydrogens is 277 g/mol. The minimum absolute atomic E-state index is 0.419. The van der Waals surface area contributed by atoms with Crippen molar-refractivity contribution >= 4 is 16.1 Å². The van der Waals surface area contributed by atoms with Crippen molar-refractivity contribution in [3.05, 3.63) is 24.3 Å². The lowest BCUT2D eigenvalue weighted by molar-refractivity contribution is -0.131. The highest BCUT2D eigenvalue weighted by Crippen LogP contribution is 2.32. The van der Waals surface area contributed by atoms with Crippen molar-refractivity contribution < 1.29 is 35.3 Å². The fraction of sp³-hybridized carbons (Fsp3) is 0.222. The van der Waals surface area contributed by atoms with E-state index in [4.69, 9.17) is 0 Å². The molecule has 0 aliphatic heterocycles. The summed E-state index contributed by atoms with van der Waals surface area (Å²) in [6.45, 7) is 1.01. The summed E-state index contributed by atoms with van der Waals surface area (Å²) in [6.07, 6.45) is 0. The number of halogens is 3. The summed E-state index contributed by atoms with van der Waals surface area (Å²) in [5, 5.41) is 0. The molecule has 0 spiro atoms. The van der Waals surface area contributed by atoms with Gasteiger partial charge in [0.1, 0.15) is 0 Å². The molecule has 1 aromatic rings. The first-order chi connectivity index (χ1) is 8.13. The number of hydrogen-bond acceptors (Lipinski definition) is 5. The van der Waals surface area contributed by atoms with Crippen molar-refractivity contribution in [1.29, 1.82) is 0 Å². The molecule has 0 heterocycles. The molecule has 0 fully saturated rings. The van der Waals surface area contributed by atoms with Crippen LogP contribution in [0.3, 0.4) is 0 Å². The van der Waals surface area contributed by atoms with E-state index >= 15 is 0 Å². The molecule has 100 valence electrons. The maximum Gasteiger partial charge on any atom is 0.534 e. The van der Waals surface area contributed by atoms with Crippen LogP contribution in [0.25, 0.3) is 0 Å². The van der Waals surface area contributed by atoms with Gasteiger partial charge >= 0.3 is 21.6 Å². The van der Waals surface area contributed by atoms with Crippen LogP contribution in [0.1, 0.15) is 6.92 Å². The quantitative estimate of drug-likeness (QED) is 0.366.